The molecular weight excluding hydrogens is 884 g/mol. The van der Waals surface area contributed by atoms with E-state index in [1.807, 2.05) is 73.7 Å². The molecule has 0 atom stereocenters. The fourth-order valence-electron chi connectivity index (χ4n) is 5.47. The van der Waals surface area contributed by atoms with Crippen molar-refractivity contribution in [1.82, 2.24) is 0 Å². The maximum absolute atomic E-state index is 12.6. The first-order valence-corrected chi connectivity index (χ1v) is 21.8. The molecule has 0 radical (unpaired) electrons. The van der Waals surface area contributed by atoms with Gasteiger partial charge in [0, 0.05) is 33.3 Å². The van der Waals surface area contributed by atoms with E-state index in [0.29, 0.717) is 22.3 Å². The van der Waals surface area contributed by atoms with Gasteiger partial charge in [-0.05, 0) is 93.2 Å². The van der Waals surface area contributed by atoms with Crippen LogP contribution in [0.1, 0.15) is 12.5 Å². The second-order valence-electron chi connectivity index (χ2n) is 12.4. The summed E-state index contributed by atoms with van der Waals surface area (Å²) in [5, 5.41) is 2.85. The van der Waals surface area contributed by atoms with E-state index in [9.17, 15) is 47.9 Å². The second kappa shape index (κ2) is 21.4. The molecule has 0 unspecified atom stereocenters. The van der Waals surface area contributed by atoms with Gasteiger partial charge < -0.3 is 23.3 Å². The number of fused-ring (bicyclic) bond motifs is 2. The van der Waals surface area contributed by atoms with Crippen LogP contribution in [0.5, 0.6) is 17.2 Å². The third-order valence-corrected chi connectivity index (χ3v) is 11.4. The SMILES string of the molecule is CCOc1ccc([SH+]c2ccc(C)cc2)cc1.COc1c2ccccc2c(OC)c2cc(S(=O)(=O)[O-])ccc12.O=S(=O)([O-])c1c(F)c(F)c(F)c(F)c1F.[SH2+]c1ccccc1. The fourth-order valence-corrected chi connectivity index (χ4v) is 7.67. The van der Waals surface area contributed by atoms with Gasteiger partial charge in [0.2, 0.25) is 5.82 Å². The van der Waals surface area contributed by atoms with Crippen LogP contribution in [0.4, 0.5) is 22.0 Å². The van der Waals surface area contributed by atoms with Gasteiger partial charge in [0.25, 0.3) is 0 Å². The van der Waals surface area contributed by atoms with Crippen LogP contribution in [-0.2, 0) is 44.6 Å². The minimum absolute atomic E-state index is 0.296. The predicted molar refractivity (Wildman–Crippen MR) is 226 cm³/mol. The lowest BCUT2D eigenvalue weighted by molar-refractivity contribution is 0.340. The summed E-state index contributed by atoms with van der Waals surface area (Å²) in [4.78, 5) is 1.06. The number of hydrogen-bond acceptors (Lipinski definition) is 9. The molecule has 0 heterocycles. The van der Waals surface area contributed by atoms with Crippen molar-refractivity contribution in [3.63, 3.8) is 0 Å². The minimum Gasteiger partial charge on any atom is -0.744 e. The molecule has 61 heavy (non-hydrogen) atoms. The molecule has 7 aromatic rings. The van der Waals surface area contributed by atoms with Gasteiger partial charge in [-0.2, -0.15) is 0 Å². The maximum Gasteiger partial charge on any atom is 0.200 e. The molecule has 0 aromatic heterocycles. The number of hydrogen-bond donors (Lipinski definition) is 0. The second-order valence-corrected chi connectivity index (χ2v) is 16.9. The highest BCUT2D eigenvalue weighted by Crippen LogP contribution is 2.43. The number of ether oxygens (including phenoxy) is 3. The molecule has 18 heteroatoms. The normalized spacial score (nSPS) is 11.0. The van der Waals surface area contributed by atoms with Crippen molar-refractivity contribution in [1.29, 1.82) is 0 Å². The van der Waals surface area contributed by atoms with Crippen LogP contribution in [-0.4, -0.2) is 46.8 Å². The third-order valence-electron chi connectivity index (χ3n) is 8.23. The standard InChI is InChI=1S/C16H14O5S.C15H16OS.C6HF5O3S.C6H6S/c1-20-15-11-5-3-4-6-12(11)16(21-2)14-9-10(22(17,18)19)7-8-13(14)15;1-3-16-13-6-10-15(11-7-13)17-14-8-4-12(2)5-9-14;7-1-2(8)4(10)6(15(12,13)14)5(11)3(1)9;7-6-4-2-1-3-5-6/h3-9H,1-2H3,(H,17,18,19);4-11H,3H2,1-2H3;(H,12,13,14);1-5,7H. The van der Waals surface area contributed by atoms with Gasteiger partial charge in [0.1, 0.15) is 47.3 Å². The largest absolute Gasteiger partial charge is 0.744 e. The Hall–Kier alpha value is -5.37. The van der Waals surface area contributed by atoms with Gasteiger partial charge in [-0.3, -0.25) is 0 Å². The van der Waals surface area contributed by atoms with Crippen LogP contribution < -0.4 is 14.2 Å². The summed E-state index contributed by atoms with van der Waals surface area (Å²) < 4.78 is 143. The highest BCUT2D eigenvalue weighted by atomic mass is 32.2. The molecule has 0 N–H and O–H groups in total. The summed E-state index contributed by atoms with van der Waals surface area (Å²) >= 11 is 4.60. The summed E-state index contributed by atoms with van der Waals surface area (Å²) in [5.41, 5.74) is 1.30. The summed E-state index contributed by atoms with van der Waals surface area (Å²) in [6.07, 6.45) is 0. The van der Waals surface area contributed by atoms with Crippen LogP contribution in [0.15, 0.2) is 146 Å². The summed E-state index contributed by atoms with van der Waals surface area (Å²) in [7, 11) is -7.26. The van der Waals surface area contributed by atoms with Crippen molar-refractivity contribution in [2.45, 2.75) is 38.3 Å². The van der Waals surface area contributed by atoms with Crippen molar-refractivity contribution >= 4 is 66.2 Å². The average Bonchev–Trinajstić information content (AvgIpc) is 3.23. The van der Waals surface area contributed by atoms with Gasteiger partial charge in [0.15, 0.2) is 33.1 Å². The molecule has 0 aliphatic heterocycles. The molecule has 0 amide bonds. The van der Waals surface area contributed by atoms with Crippen LogP contribution in [0.2, 0.25) is 0 Å². The Kier molecular flexibility index (Phi) is 17.0. The zero-order chi connectivity index (χ0) is 45.1. The van der Waals surface area contributed by atoms with Crippen molar-refractivity contribution in [2.24, 2.45) is 0 Å². The van der Waals surface area contributed by atoms with E-state index in [1.165, 1.54) is 46.4 Å². The monoisotopic (exact) mass is 920 g/mol. The zero-order valence-corrected chi connectivity index (χ0v) is 36.1. The Morgan fingerprint density at radius 2 is 1.02 bits per heavy atom. The lowest BCUT2D eigenvalue weighted by Crippen LogP contribution is -2.12. The molecule has 322 valence electrons. The van der Waals surface area contributed by atoms with E-state index in [0.717, 1.165) is 28.0 Å². The number of thiol groups is 1. The average molecular weight is 921 g/mol. The van der Waals surface area contributed by atoms with Crippen molar-refractivity contribution in [3.05, 3.63) is 156 Å². The zero-order valence-electron chi connectivity index (χ0n) is 32.6. The number of benzene rings is 7. The molecule has 0 spiro atoms. The highest BCUT2D eigenvalue weighted by Gasteiger charge is 2.29. The Balaban J connectivity index is 0.000000189. The fraction of sp³-hybridized carbons (Fsp3) is 0.116. The molecule has 0 aliphatic rings. The van der Waals surface area contributed by atoms with E-state index >= 15 is 0 Å². The predicted octanol–water partition coefficient (Wildman–Crippen LogP) is 8.88. The minimum atomic E-state index is -5.77. The van der Waals surface area contributed by atoms with Crippen LogP contribution in [0, 0.1) is 36.0 Å². The van der Waals surface area contributed by atoms with Crippen molar-refractivity contribution in [2.75, 3.05) is 20.8 Å². The van der Waals surface area contributed by atoms with E-state index in [-0.39, 0.29) is 4.90 Å². The van der Waals surface area contributed by atoms with Gasteiger partial charge >= 0.3 is 0 Å². The number of halogens is 5. The first kappa shape index (κ1) is 48.3. The van der Waals surface area contributed by atoms with Gasteiger partial charge in [-0.25, -0.2) is 38.8 Å². The maximum atomic E-state index is 12.6. The van der Waals surface area contributed by atoms with Gasteiger partial charge in [0.05, 0.1) is 25.7 Å². The molecule has 7 rings (SSSR count). The van der Waals surface area contributed by atoms with Gasteiger partial charge in [-0.1, -0.05) is 60.2 Å². The Labute approximate surface area is 359 Å². The molecule has 0 aliphatic carbocycles. The Morgan fingerprint density at radius 3 is 1.44 bits per heavy atom. The number of rotatable bonds is 8. The quantitative estimate of drug-likeness (QED) is 0.0278. The number of aryl methyl sites for hydroxylation is 1. The smallest absolute Gasteiger partial charge is 0.200 e. The van der Waals surface area contributed by atoms with Crippen molar-refractivity contribution < 1.29 is 62.1 Å². The first-order chi connectivity index (χ1) is 28.8. The Bertz CT molecular complexity index is 2800. The van der Waals surface area contributed by atoms with E-state index in [4.69, 9.17) is 14.2 Å². The summed E-state index contributed by atoms with van der Waals surface area (Å²) in [6.45, 7) is 4.82. The highest BCUT2D eigenvalue weighted by molar-refractivity contribution is 7.86. The van der Waals surface area contributed by atoms with Crippen molar-refractivity contribution in [3.8, 4) is 17.2 Å². The molecule has 9 nitrogen and oxygen atoms in total. The van der Waals surface area contributed by atoms with Crippen LogP contribution in [0.3, 0.4) is 0 Å². The van der Waals surface area contributed by atoms with Gasteiger partial charge in [-0.15, -0.1) is 0 Å². The topological polar surface area (TPSA) is 142 Å². The van der Waals surface area contributed by atoms with E-state index in [2.05, 4.69) is 56.0 Å². The van der Waals surface area contributed by atoms with E-state index in [1.54, 1.807) is 13.2 Å². The van der Waals surface area contributed by atoms with Crippen LogP contribution >= 0.6 is 0 Å². The summed E-state index contributed by atoms with van der Waals surface area (Å²) in [6, 6.07) is 38.6. The molecule has 0 saturated heterocycles. The number of methoxy groups -OCH3 is 2. The first-order valence-electron chi connectivity index (χ1n) is 17.6. The Morgan fingerprint density at radius 1 is 0.574 bits per heavy atom. The molecule has 0 bridgehead atoms. The molecule has 0 fully saturated rings. The lowest BCUT2D eigenvalue weighted by Gasteiger charge is -2.16. The molecule has 7 aromatic carbocycles. The third kappa shape index (κ3) is 12.6. The lowest BCUT2D eigenvalue weighted by atomic mass is 10.0. The van der Waals surface area contributed by atoms with E-state index < -0.39 is 54.2 Å². The molecule has 0 saturated carbocycles. The summed E-state index contributed by atoms with van der Waals surface area (Å²) in [5.74, 6) is -10.8. The van der Waals surface area contributed by atoms with Crippen LogP contribution in [0.25, 0.3) is 21.5 Å². The molecular formula is C43H37F5O9S4.